The van der Waals surface area contributed by atoms with E-state index in [0.717, 1.165) is 43.1 Å². The summed E-state index contributed by atoms with van der Waals surface area (Å²) < 4.78 is 2.25. The van der Waals surface area contributed by atoms with Crippen LogP contribution in [0.5, 0.6) is 0 Å². The van der Waals surface area contributed by atoms with Crippen LogP contribution in [0.3, 0.4) is 0 Å². The first-order valence-electron chi connectivity index (χ1n) is 7.34. The summed E-state index contributed by atoms with van der Waals surface area (Å²) in [6.07, 6.45) is 0.981. The molecule has 0 saturated carbocycles. The minimum Gasteiger partial charge on any atom is -0.355 e. The van der Waals surface area contributed by atoms with E-state index < -0.39 is 0 Å². The van der Waals surface area contributed by atoms with E-state index in [0.29, 0.717) is 6.54 Å². The molecule has 1 amide bonds. The Bertz CT molecular complexity index is 633. The van der Waals surface area contributed by atoms with Crippen molar-refractivity contribution in [1.29, 1.82) is 0 Å². The summed E-state index contributed by atoms with van der Waals surface area (Å²) in [5, 5.41) is 6.23. The quantitative estimate of drug-likeness (QED) is 0.890. The molecule has 1 aliphatic heterocycles. The molecular weight excluding hydrogens is 264 g/mol. The fourth-order valence-electron chi connectivity index (χ4n) is 2.76. The van der Waals surface area contributed by atoms with Crippen LogP contribution in [0.15, 0.2) is 30.3 Å². The zero-order chi connectivity index (χ0) is 14.7. The van der Waals surface area contributed by atoms with Crippen molar-refractivity contribution in [2.75, 3.05) is 13.1 Å². The van der Waals surface area contributed by atoms with E-state index in [1.165, 1.54) is 5.69 Å². The van der Waals surface area contributed by atoms with Crippen molar-refractivity contribution in [1.82, 2.24) is 20.2 Å². The number of benzene rings is 1. The minimum atomic E-state index is 0.00640. The summed E-state index contributed by atoms with van der Waals surface area (Å²) >= 11 is 0. The van der Waals surface area contributed by atoms with Gasteiger partial charge >= 0.3 is 0 Å². The molecule has 0 fully saturated rings. The smallest absolute Gasteiger partial charge is 0.216 e. The number of carbonyl (C=O) groups is 1. The zero-order valence-corrected chi connectivity index (χ0v) is 12.2. The fraction of sp³-hybridized carbons (Fsp3) is 0.375. The van der Waals surface area contributed by atoms with Crippen molar-refractivity contribution < 1.29 is 4.79 Å². The van der Waals surface area contributed by atoms with Gasteiger partial charge in [-0.25, -0.2) is 4.98 Å². The molecule has 0 spiro atoms. The van der Waals surface area contributed by atoms with E-state index in [9.17, 15) is 4.79 Å². The molecule has 2 aromatic rings. The first-order valence-corrected chi connectivity index (χ1v) is 7.34. The summed E-state index contributed by atoms with van der Waals surface area (Å²) in [6, 6.07) is 10.2. The molecule has 110 valence electrons. The second-order valence-electron chi connectivity index (χ2n) is 5.26. The van der Waals surface area contributed by atoms with Gasteiger partial charge in [-0.3, -0.25) is 4.79 Å². The highest BCUT2D eigenvalue weighted by molar-refractivity contribution is 5.72. The zero-order valence-electron chi connectivity index (χ0n) is 12.2. The normalized spacial score (nSPS) is 13.8. The minimum absolute atomic E-state index is 0.00640. The number of hydrogen-bond acceptors (Lipinski definition) is 3. The third-order valence-electron chi connectivity index (χ3n) is 3.73. The van der Waals surface area contributed by atoms with Gasteiger partial charge in [-0.15, -0.1) is 0 Å². The molecule has 0 saturated heterocycles. The standard InChI is InChI=1S/C16H20N4O/c1-12(21)18-9-10-20-15-7-8-17-11-14(15)19-16(20)13-5-3-2-4-6-13/h2-6,17H,7-11H2,1H3,(H,18,21). The van der Waals surface area contributed by atoms with E-state index in [4.69, 9.17) is 4.98 Å². The largest absolute Gasteiger partial charge is 0.355 e. The van der Waals surface area contributed by atoms with E-state index in [-0.39, 0.29) is 5.91 Å². The average Bonchev–Trinajstić information content (AvgIpc) is 2.87. The topological polar surface area (TPSA) is 59.0 Å². The molecule has 5 heteroatoms. The lowest BCUT2D eigenvalue weighted by molar-refractivity contribution is -0.118. The molecule has 2 heterocycles. The van der Waals surface area contributed by atoms with Crippen molar-refractivity contribution >= 4 is 5.91 Å². The van der Waals surface area contributed by atoms with Crippen molar-refractivity contribution in [2.24, 2.45) is 0 Å². The van der Waals surface area contributed by atoms with Gasteiger partial charge in [0.1, 0.15) is 5.82 Å². The molecule has 0 radical (unpaired) electrons. The van der Waals surface area contributed by atoms with Crippen LogP contribution in [0.4, 0.5) is 0 Å². The predicted octanol–water partition coefficient (Wildman–Crippen LogP) is 1.33. The maximum atomic E-state index is 11.1. The molecule has 2 N–H and O–H groups in total. The lowest BCUT2D eigenvalue weighted by atomic mass is 10.2. The van der Waals surface area contributed by atoms with Crippen LogP contribution in [0.1, 0.15) is 18.3 Å². The van der Waals surface area contributed by atoms with E-state index in [1.807, 2.05) is 18.2 Å². The number of hydrogen-bond donors (Lipinski definition) is 2. The van der Waals surface area contributed by atoms with E-state index in [1.54, 1.807) is 6.92 Å². The highest BCUT2D eigenvalue weighted by atomic mass is 16.1. The lowest BCUT2D eigenvalue weighted by Gasteiger charge is -2.16. The fourth-order valence-corrected chi connectivity index (χ4v) is 2.76. The Labute approximate surface area is 124 Å². The lowest BCUT2D eigenvalue weighted by Crippen LogP contribution is -2.28. The molecule has 21 heavy (non-hydrogen) atoms. The van der Waals surface area contributed by atoms with Gasteiger partial charge in [0, 0.05) is 50.8 Å². The summed E-state index contributed by atoms with van der Waals surface area (Å²) in [7, 11) is 0. The Kier molecular flexibility index (Phi) is 4.01. The molecule has 5 nitrogen and oxygen atoms in total. The number of aromatic nitrogens is 2. The van der Waals surface area contributed by atoms with Crippen LogP contribution in [0.2, 0.25) is 0 Å². The van der Waals surface area contributed by atoms with Gasteiger partial charge in [-0.05, 0) is 0 Å². The van der Waals surface area contributed by atoms with Crippen molar-refractivity contribution in [2.45, 2.75) is 26.4 Å². The van der Waals surface area contributed by atoms with Crippen LogP contribution in [-0.4, -0.2) is 28.5 Å². The van der Waals surface area contributed by atoms with E-state index >= 15 is 0 Å². The molecule has 1 aromatic heterocycles. The summed E-state index contributed by atoms with van der Waals surface area (Å²) in [4.78, 5) is 15.9. The van der Waals surface area contributed by atoms with Gasteiger partial charge in [0.15, 0.2) is 0 Å². The van der Waals surface area contributed by atoms with Gasteiger partial charge in [-0.2, -0.15) is 0 Å². The molecule has 1 aromatic carbocycles. The Balaban J connectivity index is 1.94. The van der Waals surface area contributed by atoms with Gasteiger partial charge in [0.2, 0.25) is 5.91 Å². The number of rotatable bonds is 4. The van der Waals surface area contributed by atoms with Gasteiger partial charge in [0.25, 0.3) is 0 Å². The SMILES string of the molecule is CC(=O)NCCn1c(-c2ccccc2)nc2c1CCNC2. The van der Waals surface area contributed by atoms with Crippen molar-refractivity contribution in [3.05, 3.63) is 41.7 Å². The maximum Gasteiger partial charge on any atom is 0.216 e. The van der Waals surface area contributed by atoms with Crippen molar-refractivity contribution in [3.63, 3.8) is 0 Å². The summed E-state index contributed by atoms with van der Waals surface area (Å²) in [5.74, 6) is 1.00. The Morgan fingerprint density at radius 1 is 1.38 bits per heavy atom. The number of nitrogens with zero attached hydrogens (tertiary/aromatic N) is 2. The third-order valence-corrected chi connectivity index (χ3v) is 3.73. The highest BCUT2D eigenvalue weighted by Crippen LogP contribution is 2.24. The van der Waals surface area contributed by atoms with Crippen LogP contribution in [0.25, 0.3) is 11.4 Å². The van der Waals surface area contributed by atoms with Crippen molar-refractivity contribution in [3.8, 4) is 11.4 Å². The first-order chi connectivity index (χ1) is 10.3. The van der Waals surface area contributed by atoms with Gasteiger partial charge < -0.3 is 15.2 Å². The van der Waals surface area contributed by atoms with Gasteiger partial charge in [-0.1, -0.05) is 30.3 Å². The Morgan fingerprint density at radius 3 is 2.95 bits per heavy atom. The number of nitrogens with one attached hydrogen (secondary N) is 2. The Hall–Kier alpha value is -2.14. The second-order valence-corrected chi connectivity index (χ2v) is 5.26. The predicted molar refractivity (Wildman–Crippen MR) is 81.8 cm³/mol. The van der Waals surface area contributed by atoms with Crippen LogP contribution in [-0.2, 0) is 24.3 Å². The number of imidazole rings is 1. The van der Waals surface area contributed by atoms with Crippen LogP contribution >= 0.6 is 0 Å². The molecule has 0 atom stereocenters. The molecule has 0 aliphatic carbocycles. The second kappa shape index (κ2) is 6.10. The molecule has 0 unspecified atom stereocenters. The summed E-state index contributed by atoms with van der Waals surface area (Å²) in [6.45, 7) is 4.73. The average molecular weight is 284 g/mol. The molecule has 1 aliphatic rings. The van der Waals surface area contributed by atoms with Crippen LogP contribution in [0, 0.1) is 0 Å². The molecule has 3 rings (SSSR count). The number of carbonyl (C=O) groups excluding carboxylic acids is 1. The maximum absolute atomic E-state index is 11.1. The van der Waals surface area contributed by atoms with Crippen LogP contribution < -0.4 is 10.6 Å². The monoisotopic (exact) mass is 284 g/mol. The van der Waals surface area contributed by atoms with E-state index in [2.05, 4.69) is 27.3 Å². The summed E-state index contributed by atoms with van der Waals surface area (Å²) in [5.41, 5.74) is 3.54. The Morgan fingerprint density at radius 2 is 2.19 bits per heavy atom. The number of fused-ring (bicyclic) bond motifs is 1. The highest BCUT2D eigenvalue weighted by Gasteiger charge is 2.20. The molecular formula is C16H20N4O. The first kappa shape index (κ1) is 13.8. The molecule has 0 bridgehead atoms. The third kappa shape index (κ3) is 2.97. The number of amides is 1. The van der Waals surface area contributed by atoms with Gasteiger partial charge in [0.05, 0.1) is 5.69 Å².